The largest absolute Gasteiger partial charge is 0.458 e. The molecule has 0 amide bonds. The van der Waals surface area contributed by atoms with E-state index in [-0.39, 0.29) is 24.3 Å². The lowest BCUT2D eigenvalue weighted by molar-refractivity contribution is 0.487. The van der Waals surface area contributed by atoms with Gasteiger partial charge in [-0.05, 0) is 120 Å². The third-order valence-corrected chi connectivity index (χ3v) is 20.3. The number of anilines is 9. The Morgan fingerprint density at radius 3 is 1.50 bits per heavy atom. The van der Waals surface area contributed by atoms with Crippen molar-refractivity contribution in [3.8, 4) is 33.8 Å². The molecular weight excluding hydrogens is 1090 g/mol. The van der Waals surface area contributed by atoms with Gasteiger partial charge in [0.1, 0.15) is 22.7 Å². The summed E-state index contributed by atoms with van der Waals surface area (Å²) in [4.78, 5) is 7.70. The number of para-hydroxylation sites is 6. The van der Waals surface area contributed by atoms with Crippen LogP contribution >= 0.6 is 11.3 Å². The maximum Gasteiger partial charge on any atom is 0.256 e. The van der Waals surface area contributed by atoms with Crippen molar-refractivity contribution in [1.82, 2.24) is 0 Å². The highest BCUT2D eigenvalue weighted by Crippen LogP contribution is 2.55. The van der Waals surface area contributed by atoms with Crippen LogP contribution in [0, 0.1) is 0 Å². The Kier molecular flexibility index (Phi) is 10.9. The second-order valence-corrected chi connectivity index (χ2v) is 27.4. The molecule has 18 rings (SSSR count). The smallest absolute Gasteiger partial charge is 0.256 e. The number of fused-ring (bicyclic) bond motifs is 16. The number of hydrogen-bond acceptors (Lipinski definition) is 6. The van der Waals surface area contributed by atoms with Crippen LogP contribution in [0.1, 0.15) is 52.7 Å². The Bertz CT molecular complexity index is 5160. The van der Waals surface area contributed by atoms with Gasteiger partial charge in [0.15, 0.2) is 0 Å². The number of nitrogens with zero attached hydrogens (tertiary/aromatic N) is 3. The maximum absolute atomic E-state index is 7.73. The van der Waals surface area contributed by atoms with Gasteiger partial charge in [0.25, 0.3) is 13.4 Å². The van der Waals surface area contributed by atoms with E-state index < -0.39 is 0 Å². The van der Waals surface area contributed by atoms with Crippen molar-refractivity contribution in [3.63, 3.8) is 0 Å². The van der Waals surface area contributed by atoms with Gasteiger partial charge < -0.3 is 23.9 Å². The molecule has 88 heavy (non-hydrogen) atoms. The number of benzene rings is 12. The monoisotopic (exact) mass is 1150 g/mol. The van der Waals surface area contributed by atoms with Crippen molar-refractivity contribution < 1.29 is 9.15 Å². The Hall–Kier alpha value is -10.0. The lowest BCUT2D eigenvalue weighted by Crippen LogP contribution is -2.64. The molecule has 0 bridgehead atoms. The quantitative estimate of drug-likeness (QED) is 0.160. The van der Waals surface area contributed by atoms with Crippen LogP contribution in [0.4, 0.5) is 51.2 Å². The average molecular weight is 1150 g/mol. The molecule has 2 aromatic heterocycles. The van der Waals surface area contributed by atoms with E-state index in [1.165, 1.54) is 64.5 Å². The molecule has 0 spiro atoms. The molecule has 0 aliphatic carbocycles. The molecule has 0 atom stereocenters. The van der Waals surface area contributed by atoms with Crippen molar-refractivity contribution in [2.75, 3.05) is 14.7 Å². The highest BCUT2D eigenvalue weighted by molar-refractivity contribution is 7.26. The highest BCUT2D eigenvalue weighted by atomic mass is 32.1. The van der Waals surface area contributed by atoms with Crippen LogP contribution in [-0.2, 0) is 10.8 Å². The second-order valence-electron chi connectivity index (χ2n) is 26.3. The number of thiophene rings is 1. The summed E-state index contributed by atoms with van der Waals surface area (Å²) in [5, 5.41) is 4.69. The summed E-state index contributed by atoms with van der Waals surface area (Å²) in [6.45, 7) is 13.4. The van der Waals surface area contributed by atoms with Crippen LogP contribution in [0.2, 0.25) is 0 Å². The van der Waals surface area contributed by atoms with Crippen molar-refractivity contribution >= 4 is 151 Å². The first-order valence-corrected chi connectivity index (χ1v) is 31.6. The van der Waals surface area contributed by atoms with E-state index in [4.69, 9.17) is 9.15 Å². The molecule has 4 aliphatic heterocycles. The number of rotatable bonds is 5. The van der Waals surface area contributed by atoms with Gasteiger partial charge in [0.2, 0.25) is 0 Å². The summed E-state index contributed by atoms with van der Waals surface area (Å²) in [6.07, 6.45) is 0. The SMILES string of the molecule is CC(C)(C)c1ccc(-c2cccc(-c3ccc(C(C)(C)C)cc3)c2N2c3cc4c(cc3B3c5ccccc5N(c5ccccc5)c5c3c2cc2sc3ccccc3c52)B2c3ccccc3N(c3ccccc3)c3c2c(cc2oc5ccccc5c32)O4)cc1. The zero-order chi connectivity index (χ0) is 58.9. The summed E-state index contributed by atoms with van der Waals surface area (Å²) in [5.41, 5.74) is 26.2. The van der Waals surface area contributed by atoms with Crippen LogP contribution < -0.4 is 52.2 Å². The zero-order valence-electron chi connectivity index (χ0n) is 49.9. The standard InChI is InChI=1S/C80H59B2N3O2S/c1-79(2,3)50-40-36-48(37-41-50)54-28-21-29-55(49-38-42-51(43-39-49)80(4,5)6)76(54)85-64-45-67-61(82-59-31-16-18-33-63(59)83(52-22-9-7-10-23-52)77-72-56-26-13-19-34-66(56)86-68(72)47-69(87-67)75(77)82)44-60(64)81-58-30-15-17-32-62(58)84(53-24-11-8-12-25-53)78-73-57-27-14-20-35-70(57)88-71(73)46-65(85)74(78)81/h7-47H,1-6H3. The predicted molar refractivity (Wildman–Crippen MR) is 375 cm³/mol. The lowest BCUT2D eigenvalue weighted by atomic mass is 9.30. The second kappa shape index (κ2) is 18.7. The lowest BCUT2D eigenvalue weighted by Gasteiger charge is -2.46. The molecular formula is C80H59B2N3O2S. The fourth-order valence-corrected chi connectivity index (χ4v) is 16.3. The molecule has 6 heterocycles. The van der Waals surface area contributed by atoms with Crippen molar-refractivity contribution in [2.45, 2.75) is 52.4 Å². The molecule has 418 valence electrons. The van der Waals surface area contributed by atoms with Gasteiger partial charge in [0.05, 0.1) is 22.4 Å². The van der Waals surface area contributed by atoms with E-state index in [0.29, 0.717) is 0 Å². The molecule has 0 fully saturated rings. The van der Waals surface area contributed by atoms with Crippen molar-refractivity contribution in [2.24, 2.45) is 0 Å². The van der Waals surface area contributed by atoms with E-state index in [9.17, 15) is 0 Å². The highest BCUT2D eigenvalue weighted by Gasteiger charge is 2.49. The van der Waals surface area contributed by atoms with Crippen molar-refractivity contribution in [3.05, 3.63) is 260 Å². The Morgan fingerprint density at radius 1 is 0.352 bits per heavy atom. The summed E-state index contributed by atoms with van der Waals surface area (Å²) in [6, 6.07) is 93.0. The van der Waals surface area contributed by atoms with E-state index in [1.54, 1.807) is 0 Å². The Balaban J connectivity index is 0.993. The Labute approximate surface area is 517 Å². The minimum absolute atomic E-state index is 0.0220. The third kappa shape index (κ3) is 7.42. The van der Waals surface area contributed by atoms with Gasteiger partial charge in [-0.2, -0.15) is 0 Å². The fraction of sp³-hybridized carbons (Fsp3) is 0.100. The van der Waals surface area contributed by atoms with Crippen LogP contribution in [0.5, 0.6) is 11.5 Å². The minimum atomic E-state index is -0.198. The van der Waals surface area contributed by atoms with Gasteiger partial charge in [-0.1, -0.05) is 224 Å². The molecule has 0 saturated carbocycles. The topological polar surface area (TPSA) is 32.1 Å². The zero-order valence-corrected chi connectivity index (χ0v) is 50.7. The fourth-order valence-electron chi connectivity index (χ4n) is 15.2. The van der Waals surface area contributed by atoms with Gasteiger partial charge in [-0.15, -0.1) is 11.3 Å². The van der Waals surface area contributed by atoms with Crippen molar-refractivity contribution in [1.29, 1.82) is 0 Å². The number of ether oxygens (including phenoxy) is 1. The maximum atomic E-state index is 7.73. The summed E-state index contributed by atoms with van der Waals surface area (Å²) in [5.74, 6) is 1.63. The van der Waals surface area contributed by atoms with Crippen LogP contribution in [0.25, 0.3) is 64.4 Å². The molecule has 0 N–H and O–H groups in total. The van der Waals surface area contributed by atoms with Gasteiger partial charge in [-0.25, -0.2) is 0 Å². The summed E-state index contributed by atoms with van der Waals surface area (Å²) in [7, 11) is 0. The normalized spacial score (nSPS) is 13.8. The Morgan fingerprint density at radius 2 is 0.886 bits per heavy atom. The third-order valence-electron chi connectivity index (χ3n) is 19.2. The molecule has 14 aromatic rings. The molecule has 5 nitrogen and oxygen atoms in total. The first-order valence-electron chi connectivity index (χ1n) is 30.8. The van der Waals surface area contributed by atoms with E-state index in [0.717, 1.165) is 106 Å². The molecule has 0 radical (unpaired) electrons. The molecule has 0 unspecified atom stereocenters. The molecule has 4 aliphatic rings. The summed E-state index contributed by atoms with van der Waals surface area (Å²) < 4.78 is 17.1. The summed E-state index contributed by atoms with van der Waals surface area (Å²) >= 11 is 1.88. The van der Waals surface area contributed by atoms with Gasteiger partial charge in [-0.3, -0.25) is 0 Å². The van der Waals surface area contributed by atoms with Crippen LogP contribution in [0.3, 0.4) is 0 Å². The molecule has 0 saturated heterocycles. The predicted octanol–water partition coefficient (Wildman–Crippen LogP) is 18.4. The molecule has 8 heteroatoms. The van der Waals surface area contributed by atoms with Gasteiger partial charge >= 0.3 is 0 Å². The minimum Gasteiger partial charge on any atom is -0.458 e. The van der Waals surface area contributed by atoms with E-state index in [2.05, 4.69) is 305 Å². The van der Waals surface area contributed by atoms with Crippen LogP contribution in [-0.4, -0.2) is 13.4 Å². The number of furan rings is 1. The average Bonchev–Trinajstić information content (AvgIpc) is 1.05. The van der Waals surface area contributed by atoms with Crippen LogP contribution in [0.15, 0.2) is 253 Å². The first kappa shape index (κ1) is 51.2. The van der Waals surface area contributed by atoms with E-state index >= 15 is 0 Å². The van der Waals surface area contributed by atoms with E-state index in [1.807, 2.05) is 11.3 Å². The number of hydrogen-bond donors (Lipinski definition) is 0. The first-order chi connectivity index (χ1) is 42.9. The molecule has 12 aromatic carbocycles. The van der Waals surface area contributed by atoms with Gasteiger partial charge in [0, 0.05) is 82.9 Å².